The number of rotatable bonds is 4. The van der Waals surface area contributed by atoms with Crippen LogP contribution in [0.4, 0.5) is 0 Å². The number of piperidine rings is 1. The van der Waals surface area contributed by atoms with Crippen molar-refractivity contribution in [3.8, 4) is 0 Å². The lowest BCUT2D eigenvalue weighted by atomic mass is 9.96. The van der Waals surface area contributed by atoms with Gasteiger partial charge in [-0.15, -0.1) is 0 Å². The summed E-state index contributed by atoms with van der Waals surface area (Å²) in [7, 11) is 1.84. The Kier molecular flexibility index (Phi) is 5.37. The Bertz CT molecular complexity index is 472. The highest BCUT2D eigenvalue weighted by atomic mass is 16.3. The van der Waals surface area contributed by atoms with E-state index in [1.807, 2.05) is 7.05 Å². The Morgan fingerprint density at radius 1 is 1.38 bits per heavy atom. The Labute approximate surface area is 127 Å². The number of carbonyl (C=O) groups excluding carboxylic acids is 1. The topological polar surface area (TPSA) is 43.8 Å². The molecule has 1 amide bonds. The van der Waals surface area contributed by atoms with E-state index in [0.29, 0.717) is 25.6 Å². The Morgan fingerprint density at radius 3 is 2.67 bits per heavy atom. The second-order valence-electron chi connectivity index (χ2n) is 6.30. The normalized spacial score (nSPS) is 23.0. The van der Waals surface area contributed by atoms with Crippen molar-refractivity contribution in [2.45, 2.75) is 32.9 Å². The second-order valence-corrected chi connectivity index (χ2v) is 6.30. The number of hydrogen-bond acceptors (Lipinski definition) is 3. The zero-order valence-electron chi connectivity index (χ0n) is 13.2. The maximum absolute atomic E-state index is 12.3. The molecule has 2 rings (SSSR count). The molecule has 1 N–H and O–H groups in total. The van der Waals surface area contributed by atoms with Crippen LogP contribution in [0.3, 0.4) is 0 Å². The van der Waals surface area contributed by atoms with E-state index in [1.165, 1.54) is 5.56 Å². The number of nitrogens with zero attached hydrogens (tertiary/aromatic N) is 2. The summed E-state index contributed by atoms with van der Waals surface area (Å²) < 4.78 is 0. The van der Waals surface area contributed by atoms with Gasteiger partial charge in [0.05, 0.1) is 12.6 Å². The molecule has 0 saturated carbocycles. The first-order valence-electron chi connectivity index (χ1n) is 7.65. The molecule has 2 unspecified atom stereocenters. The molecule has 0 aromatic heterocycles. The number of aryl methyl sites for hydroxylation is 1. The lowest BCUT2D eigenvalue weighted by Gasteiger charge is -2.34. The van der Waals surface area contributed by atoms with Crippen LogP contribution in [-0.4, -0.2) is 53.6 Å². The molecule has 1 aliphatic heterocycles. The number of aliphatic hydroxyl groups is 1. The van der Waals surface area contributed by atoms with Gasteiger partial charge < -0.3 is 10.0 Å². The summed E-state index contributed by atoms with van der Waals surface area (Å²) >= 11 is 0. The van der Waals surface area contributed by atoms with Crippen molar-refractivity contribution >= 4 is 5.91 Å². The molecule has 0 aliphatic carbocycles. The van der Waals surface area contributed by atoms with Crippen LogP contribution in [0.1, 0.15) is 24.5 Å². The maximum atomic E-state index is 12.3. The number of hydrogen-bond donors (Lipinski definition) is 1. The van der Waals surface area contributed by atoms with Crippen LogP contribution < -0.4 is 0 Å². The van der Waals surface area contributed by atoms with Gasteiger partial charge in [-0.1, -0.05) is 36.8 Å². The van der Waals surface area contributed by atoms with Gasteiger partial charge in [0.1, 0.15) is 0 Å². The summed E-state index contributed by atoms with van der Waals surface area (Å²) in [6.45, 7) is 6.64. The van der Waals surface area contributed by atoms with Crippen molar-refractivity contribution in [1.82, 2.24) is 9.80 Å². The lowest BCUT2D eigenvalue weighted by molar-refractivity contribution is -0.132. The standard InChI is InChI=1S/C17H26N2O2/c1-13-4-6-15(7-5-13)10-18(3)17(21)12-19-9-8-14(2)16(20)11-19/h4-7,14,16,20H,8-12H2,1-3H3. The molecule has 4 heteroatoms. The van der Waals surface area contributed by atoms with Gasteiger partial charge >= 0.3 is 0 Å². The molecular formula is C17H26N2O2. The Hall–Kier alpha value is -1.39. The van der Waals surface area contributed by atoms with Crippen molar-refractivity contribution in [2.24, 2.45) is 5.92 Å². The zero-order chi connectivity index (χ0) is 15.4. The van der Waals surface area contributed by atoms with Crippen LogP contribution in [0.15, 0.2) is 24.3 Å². The quantitative estimate of drug-likeness (QED) is 0.917. The summed E-state index contributed by atoms with van der Waals surface area (Å²) in [4.78, 5) is 16.1. The smallest absolute Gasteiger partial charge is 0.236 e. The van der Waals surface area contributed by atoms with Crippen LogP contribution in [0.25, 0.3) is 0 Å². The van der Waals surface area contributed by atoms with Gasteiger partial charge in [0.15, 0.2) is 0 Å². The minimum atomic E-state index is -0.311. The predicted octanol–water partition coefficient (Wildman–Crippen LogP) is 1.66. The molecule has 0 spiro atoms. The fourth-order valence-corrected chi connectivity index (χ4v) is 2.63. The van der Waals surface area contributed by atoms with Crippen molar-refractivity contribution in [3.05, 3.63) is 35.4 Å². The van der Waals surface area contributed by atoms with Crippen molar-refractivity contribution in [3.63, 3.8) is 0 Å². The summed E-state index contributed by atoms with van der Waals surface area (Å²) in [6, 6.07) is 8.25. The average Bonchev–Trinajstić information content (AvgIpc) is 2.45. The molecule has 116 valence electrons. The first-order valence-corrected chi connectivity index (χ1v) is 7.65. The molecule has 1 heterocycles. The van der Waals surface area contributed by atoms with Crippen molar-refractivity contribution < 1.29 is 9.90 Å². The highest BCUT2D eigenvalue weighted by molar-refractivity contribution is 5.78. The first-order chi connectivity index (χ1) is 9.95. The monoisotopic (exact) mass is 290 g/mol. The molecule has 21 heavy (non-hydrogen) atoms. The molecule has 1 saturated heterocycles. The highest BCUT2D eigenvalue weighted by Gasteiger charge is 2.26. The molecule has 1 fully saturated rings. The third-order valence-corrected chi connectivity index (χ3v) is 4.33. The van der Waals surface area contributed by atoms with E-state index in [-0.39, 0.29) is 12.0 Å². The summed E-state index contributed by atoms with van der Waals surface area (Å²) in [5.41, 5.74) is 2.37. The van der Waals surface area contributed by atoms with E-state index in [1.54, 1.807) is 4.90 Å². The first kappa shape index (κ1) is 16.0. The molecule has 1 aliphatic rings. The molecule has 0 radical (unpaired) electrons. The van der Waals surface area contributed by atoms with Crippen LogP contribution in [0.2, 0.25) is 0 Å². The van der Waals surface area contributed by atoms with Gasteiger partial charge in [-0.25, -0.2) is 0 Å². The predicted molar refractivity (Wildman–Crippen MR) is 83.9 cm³/mol. The Balaban J connectivity index is 1.83. The van der Waals surface area contributed by atoms with E-state index < -0.39 is 0 Å². The van der Waals surface area contributed by atoms with E-state index in [2.05, 4.69) is 43.0 Å². The average molecular weight is 290 g/mol. The minimum Gasteiger partial charge on any atom is -0.392 e. The highest BCUT2D eigenvalue weighted by Crippen LogP contribution is 2.17. The van der Waals surface area contributed by atoms with Gasteiger partial charge in [0.2, 0.25) is 5.91 Å². The summed E-state index contributed by atoms with van der Waals surface area (Å²) in [6.07, 6.45) is 0.643. The van der Waals surface area contributed by atoms with Gasteiger partial charge in [-0.05, 0) is 31.4 Å². The number of carbonyl (C=O) groups is 1. The zero-order valence-corrected chi connectivity index (χ0v) is 13.2. The number of likely N-dealkylation sites (tertiary alicyclic amines) is 1. The largest absolute Gasteiger partial charge is 0.392 e. The van der Waals surface area contributed by atoms with Crippen LogP contribution in [0.5, 0.6) is 0 Å². The number of benzene rings is 1. The third kappa shape index (κ3) is 4.55. The third-order valence-electron chi connectivity index (χ3n) is 4.33. The number of likely N-dealkylation sites (N-methyl/N-ethyl adjacent to an activating group) is 1. The molecule has 4 nitrogen and oxygen atoms in total. The molecule has 2 atom stereocenters. The number of aliphatic hydroxyl groups excluding tert-OH is 1. The van der Waals surface area contributed by atoms with Crippen molar-refractivity contribution in [2.75, 3.05) is 26.7 Å². The van der Waals surface area contributed by atoms with Crippen LogP contribution in [0, 0.1) is 12.8 Å². The summed E-state index contributed by atoms with van der Waals surface area (Å²) in [5, 5.41) is 9.89. The number of amides is 1. The van der Waals surface area contributed by atoms with Crippen LogP contribution >= 0.6 is 0 Å². The second kappa shape index (κ2) is 7.05. The fourth-order valence-electron chi connectivity index (χ4n) is 2.63. The molecule has 0 bridgehead atoms. The molecular weight excluding hydrogens is 264 g/mol. The number of β-amino-alcohol motifs (C(OH)–C–C–N with tert-alkyl or cyclic N) is 1. The lowest BCUT2D eigenvalue weighted by Crippen LogP contribution is -2.47. The molecule has 1 aromatic rings. The van der Waals surface area contributed by atoms with Crippen molar-refractivity contribution in [1.29, 1.82) is 0 Å². The van der Waals surface area contributed by atoms with E-state index in [4.69, 9.17) is 0 Å². The van der Waals surface area contributed by atoms with E-state index >= 15 is 0 Å². The van der Waals surface area contributed by atoms with Crippen LogP contribution in [-0.2, 0) is 11.3 Å². The summed E-state index contributed by atoms with van der Waals surface area (Å²) in [5.74, 6) is 0.443. The van der Waals surface area contributed by atoms with Gasteiger partial charge in [-0.2, -0.15) is 0 Å². The van der Waals surface area contributed by atoms with E-state index in [0.717, 1.165) is 18.5 Å². The maximum Gasteiger partial charge on any atom is 0.236 e. The Morgan fingerprint density at radius 2 is 2.05 bits per heavy atom. The molecule has 1 aromatic carbocycles. The fraction of sp³-hybridized carbons (Fsp3) is 0.588. The van der Waals surface area contributed by atoms with E-state index in [9.17, 15) is 9.90 Å². The van der Waals surface area contributed by atoms with Gasteiger partial charge in [-0.3, -0.25) is 9.69 Å². The van der Waals surface area contributed by atoms with Gasteiger partial charge in [0.25, 0.3) is 0 Å². The minimum absolute atomic E-state index is 0.109. The SMILES string of the molecule is Cc1ccc(CN(C)C(=O)CN2CCC(C)C(O)C2)cc1. The van der Waals surface area contributed by atoms with Gasteiger partial charge in [0, 0.05) is 20.1 Å².